The summed E-state index contributed by atoms with van der Waals surface area (Å²) in [7, 11) is -3.66. The summed E-state index contributed by atoms with van der Waals surface area (Å²) in [5, 5.41) is 0. The summed E-state index contributed by atoms with van der Waals surface area (Å²) in [4.78, 5) is 7.57. The number of aromatic nitrogens is 2. The quantitative estimate of drug-likeness (QED) is 0.701. The molecule has 0 amide bonds. The van der Waals surface area contributed by atoms with Gasteiger partial charge in [-0.25, -0.2) is 23.1 Å². The Morgan fingerprint density at radius 3 is 2.53 bits per heavy atom. The maximum atomic E-state index is 12.1. The highest BCUT2D eigenvalue weighted by molar-refractivity contribution is 7.89. The van der Waals surface area contributed by atoms with Crippen molar-refractivity contribution in [3.63, 3.8) is 0 Å². The number of nitrogens with zero attached hydrogens (tertiary/aromatic N) is 2. The van der Waals surface area contributed by atoms with Crippen LogP contribution in [0.4, 0.5) is 5.95 Å². The van der Waals surface area contributed by atoms with Crippen molar-refractivity contribution in [2.75, 3.05) is 5.73 Å². The van der Waals surface area contributed by atoms with Gasteiger partial charge in [0.05, 0.1) is 11.9 Å². The van der Waals surface area contributed by atoms with Crippen molar-refractivity contribution in [1.82, 2.24) is 14.7 Å². The number of rotatable bonds is 3. The molecule has 0 bridgehead atoms. The lowest BCUT2D eigenvalue weighted by molar-refractivity contribution is 0.490. The third kappa shape index (κ3) is 3.83. The summed E-state index contributed by atoms with van der Waals surface area (Å²) >= 11 is 4.03. The zero-order chi connectivity index (χ0) is 13.3. The van der Waals surface area contributed by atoms with Crippen LogP contribution in [0.2, 0.25) is 0 Å². The van der Waals surface area contributed by atoms with Crippen LogP contribution in [0.15, 0.2) is 11.1 Å². The summed E-state index contributed by atoms with van der Waals surface area (Å²) in [6, 6.07) is 0. The molecule has 3 N–H and O–H groups in total. The predicted octanol–water partition coefficient (Wildman–Crippen LogP) is 0.565. The second-order valence-corrected chi connectivity index (χ2v) is 6.52. The Hall–Kier alpha value is -0.860. The molecule has 1 rings (SSSR count). The smallest absolute Gasteiger partial charge is 0.244 e. The molecule has 0 saturated carbocycles. The van der Waals surface area contributed by atoms with Crippen LogP contribution in [0.25, 0.3) is 0 Å². The van der Waals surface area contributed by atoms with Crippen molar-refractivity contribution in [3.05, 3.63) is 11.9 Å². The lowest BCUT2D eigenvalue weighted by Crippen LogP contribution is -2.41. The molecule has 6 nitrogen and oxygen atoms in total. The van der Waals surface area contributed by atoms with Gasteiger partial charge in [-0.2, -0.15) is 12.6 Å². The number of nitrogen functional groups attached to an aromatic ring is 1. The SMILES string of the molecule is CC(C)(C)NS(=O)(=O)c1cnc(N)nc1CS. The Labute approximate surface area is 107 Å². The lowest BCUT2D eigenvalue weighted by Gasteiger charge is -2.20. The van der Waals surface area contributed by atoms with Crippen molar-refractivity contribution in [2.45, 2.75) is 37.0 Å². The summed E-state index contributed by atoms with van der Waals surface area (Å²) in [5.41, 5.74) is 5.12. The molecule has 17 heavy (non-hydrogen) atoms. The van der Waals surface area contributed by atoms with Crippen LogP contribution < -0.4 is 10.5 Å². The second-order valence-electron chi connectivity index (χ2n) is 4.55. The van der Waals surface area contributed by atoms with Gasteiger partial charge in [0, 0.05) is 11.3 Å². The Balaban J connectivity index is 3.24. The Bertz CT molecular complexity index is 508. The lowest BCUT2D eigenvalue weighted by atomic mass is 10.1. The minimum Gasteiger partial charge on any atom is -0.368 e. The molecule has 0 radical (unpaired) electrons. The highest BCUT2D eigenvalue weighted by atomic mass is 32.2. The zero-order valence-corrected chi connectivity index (χ0v) is 11.6. The van der Waals surface area contributed by atoms with E-state index < -0.39 is 15.6 Å². The second kappa shape index (κ2) is 4.79. The fourth-order valence-corrected chi connectivity index (χ4v) is 3.10. The van der Waals surface area contributed by atoms with E-state index >= 15 is 0 Å². The fourth-order valence-electron chi connectivity index (χ4n) is 1.22. The average Bonchev–Trinajstić information content (AvgIpc) is 2.13. The van der Waals surface area contributed by atoms with Gasteiger partial charge in [-0.05, 0) is 20.8 Å². The zero-order valence-electron chi connectivity index (χ0n) is 9.93. The molecule has 1 aromatic heterocycles. The number of anilines is 1. The van der Waals surface area contributed by atoms with E-state index in [-0.39, 0.29) is 22.3 Å². The number of nitrogens with one attached hydrogen (secondary N) is 1. The van der Waals surface area contributed by atoms with Crippen LogP contribution in [0, 0.1) is 0 Å². The van der Waals surface area contributed by atoms with E-state index in [9.17, 15) is 8.42 Å². The molecule has 0 unspecified atom stereocenters. The van der Waals surface area contributed by atoms with Gasteiger partial charge in [-0.1, -0.05) is 0 Å². The first-order valence-electron chi connectivity index (χ1n) is 4.92. The molecule has 0 aliphatic rings. The minimum atomic E-state index is -3.66. The van der Waals surface area contributed by atoms with Gasteiger partial charge >= 0.3 is 0 Å². The van der Waals surface area contributed by atoms with Crippen LogP contribution in [0.1, 0.15) is 26.5 Å². The van der Waals surface area contributed by atoms with Crippen LogP contribution >= 0.6 is 12.6 Å². The molecule has 0 aliphatic heterocycles. The molecule has 1 heterocycles. The van der Waals surface area contributed by atoms with E-state index in [1.54, 1.807) is 20.8 Å². The maximum absolute atomic E-state index is 12.1. The topological polar surface area (TPSA) is 98.0 Å². The molecule has 96 valence electrons. The van der Waals surface area contributed by atoms with Gasteiger partial charge in [-0.15, -0.1) is 0 Å². The summed E-state index contributed by atoms with van der Waals surface area (Å²) in [5.74, 6) is 0.205. The van der Waals surface area contributed by atoms with Crippen LogP contribution in [-0.4, -0.2) is 23.9 Å². The Morgan fingerprint density at radius 1 is 1.47 bits per heavy atom. The molecular formula is C9H16N4O2S2. The van der Waals surface area contributed by atoms with Crippen molar-refractivity contribution < 1.29 is 8.42 Å². The molecule has 0 saturated heterocycles. The Morgan fingerprint density at radius 2 is 2.06 bits per heavy atom. The summed E-state index contributed by atoms with van der Waals surface area (Å²) in [6.45, 7) is 5.26. The molecule has 1 aromatic rings. The number of sulfonamides is 1. The highest BCUT2D eigenvalue weighted by Gasteiger charge is 2.25. The van der Waals surface area contributed by atoms with E-state index in [0.717, 1.165) is 0 Å². The first kappa shape index (κ1) is 14.2. The monoisotopic (exact) mass is 276 g/mol. The maximum Gasteiger partial charge on any atom is 0.244 e. The molecule has 0 spiro atoms. The van der Waals surface area contributed by atoms with Crippen molar-refractivity contribution in [3.8, 4) is 0 Å². The van der Waals surface area contributed by atoms with E-state index in [0.29, 0.717) is 0 Å². The molecule has 0 atom stereocenters. The van der Waals surface area contributed by atoms with E-state index in [4.69, 9.17) is 5.73 Å². The fraction of sp³-hybridized carbons (Fsp3) is 0.556. The molecular weight excluding hydrogens is 260 g/mol. The van der Waals surface area contributed by atoms with Crippen molar-refractivity contribution >= 4 is 28.6 Å². The number of thiol groups is 1. The Kier molecular flexibility index (Phi) is 4.00. The standard InChI is InChI=1S/C9H16N4O2S2/c1-9(2,3)13-17(14,15)7-4-11-8(10)12-6(7)5-16/h4,13,16H,5H2,1-3H3,(H2,10,11,12). The number of hydrogen-bond donors (Lipinski definition) is 3. The largest absolute Gasteiger partial charge is 0.368 e. The van der Waals surface area contributed by atoms with E-state index in [1.807, 2.05) is 0 Å². The van der Waals surface area contributed by atoms with Crippen molar-refractivity contribution in [2.24, 2.45) is 0 Å². The molecule has 0 fully saturated rings. The average molecular weight is 276 g/mol. The molecule has 0 aromatic carbocycles. The van der Waals surface area contributed by atoms with E-state index in [2.05, 4.69) is 27.3 Å². The van der Waals surface area contributed by atoms with Gasteiger partial charge in [0.1, 0.15) is 4.90 Å². The van der Waals surface area contributed by atoms with Gasteiger partial charge in [0.15, 0.2) is 0 Å². The number of hydrogen-bond acceptors (Lipinski definition) is 6. The first-order chi connectivity index (χ1) is 7.65. The third-order valence-corrected chi connectivity index (χ3v) is 3.83. The van der Waals surface area contributed by atoms with Gasteiger partial charge in [0.25, 0.3) is 0 Å². The van der Waals surface area contributed by atoms with Crippen LogP contribution in [0.3, 0.4) is 0 Å². The van der Waals surface area contributed by atoms with Crippen LogP contribution in [-0.2, 0) is 15.8 Å². The summed E-state index contributed by atoms with van der Waals surface area (Å²) in [6.07, 6.45) is 1.20. The van der Waals surface area contributed by atoms with Gasteiger partial charge in [0.2, 0.25) is 16.0 Å². The molecule has 0 aliphatic carbocycles. The normalized spacial score (nSPS) is 12.7. The van der Waals surface area contributed by atoms with Crippen LogP contribution in [0.5, 0.6) is 0 Å². The van der Waals surface area contributed by atoms with Crippen molar-refractivity contribution in [1.29, 1.82) is 0 Å². The number of nitrogens with two attached hydrogens (primary N) is 1. The predicted molar refractivity (Wildman–Crippen MR) is 69.2 cm³/mol. The highest BCUT2D eigenvalue weighted by Crippen LogP contribution is 2.17. The van der Waals surface area contributed by atoms with E-state index in [1.165, 1.54) is 6.20 Å². The first-order valence-corrected chi connectivity index (χ1v) is 7.03. The third-order valence-electron chi connectivity index (χ3n) is 1.73. The summed E-state index contributed by atoms with van der Waals surface area (Å²) < 4.78 is 26.7. The molecule has 8 heteroatoms. The van der Waals surface area contributed by atoms with Gasteiger partial charge in [-0.3, -0.25) is 0 Å². The van der Waals surface area contributed by atoms with Gasteiger partial charge < -0.3 is 5.73 Å². The minimum absolute atomic E-state index is 0.0108.